The molecule has 1 N–H and O–H groups in total. The fraction of sp³-hybridized carbons (Fsp3) is 0.308. The van der Waals surface area contributed by atoms with Crippen LogP contribution in [0.5, 0.6) is 0 Å². The van der Waals surface area contributed by atoms with Crippen molar-refractivity contribution in [1.29, 1.82) is 0 Å². The van der Waals surface area contributed by atoms with Crippen LogP contribution in [-0.4, -0.2) is 25.8 Å². The van der Waals surface area contributed by atoms with Crippen LogP contribution in [0.4, 0.5) is 0 Å². The second kappa shape index (κ2) is 5.00. The van der Waals surface area contributed by atoms with Gasteiger partial charge in [0.1, 0.15) is 5.69 Å². The molecule has 2 aromatic heterocycles. The maximum absolute atomic E-state index is 10.7. The van der Waals surface area contributed by atoms with Crippen molar-refractivity contribution in [2.45, 2.75) is 26.8 Å². The van der Waals surface area contributed by atoms with Crippen LogP contribution in [0.25, 0.3) is 11.1 Å². The van der Waals surface area contributed by atoms with Gasteiger partial charge in [0.25, 0.3) is 0 Å². The van der Waals surface area contributed by atoms with E-state index in [1.807, 2.05) is 11.6 Å². The zero-order valence-electron chi connectivity index (χ0n) is 10.4. The number of pyridine rings is 1. The number of carboxylic acid groups (broad SMARTS) is 1. The van der Waals surface area contributed by atoms with Crippen LogP contribution in [0.3, 0.4) is 0 Å². The van der Waals surface area contributed by atoms with Crippen molar-refractivity contribution in [2.24, 2.45) is 0 Å². The summed E-state index contributed by atoms with van der Waals surface area (Å²) in [7, 11) is 0. The Hall–Kier alpha value is -2.17. The molecule has 0 radical (unpaired) electrons. The third kappa shape index (κ3) is 2.25. The summed E-state index contributed by atoms with van der Waals surface area (Å²) in [4.78, 5) is 14.6. The summed E-state index contributed by atoms with van der Waals surface area (Å²) in [6.45, 7) is 4.99. The molecule has 2 heterocycles. The van der Waals surface area contributed by atoms with Gasteiger partial charge in [0.2, 0.25) is 0 Å². The number of aryl methyl sites for hydroxylation is 1. The molecule has 0 amide bonds. The van der Waals surface area contributed by atoms with Crippen molar-refractivity contribution in [2.75, 3.05) is 0 Å². The maximum Gasteiger partial charge on any atom is 0.354 e. The van der Waals surface area contributed by atoms with Crippen LogP contribution in [0.1, 0.15) is 29.5 Å². The predicted octanol–water partition coefficient (Wildman–Crippen LogP) is 2.36. The van der Waals surface area contributed by atoms with Gasteiger partial charge in [0.05, 0.1) is 6.20 Å². The first kappa shape index (κ1) is 12.3. The zero-order valence-corrected chi connectivity index (χ0v) is 10.4. The highest BCUT2D eigenvalue weighted by Crippen LogP contribution is 2.22. The lowest BCUT2D eigenvalue weighted by atomic mass is 10.1. The summed E-state index contributed by atoms with van der Waals surface area (Å²) in [5.74, 6) is -1.01. The molecule has 5 heteroatoms. The fourth-order valence-corrected chi connectivity index (χ4v) is 1.85. The Morgan fingerprint density at radius 3 is 2.72 bits per heavy atom. The van der Waals surface area contributed by atoms with Crippen molar-refractivity contribution in [3.05, 3.63) is 35.9 Å². The Morgan fingerprint density at radius 1 is 1.39 bits per heavy atom. The number of carboxylic acids is 1. The highest BCUT2D eigenvalue weighted by molar-refractivity contribution is 5.85. The Labute approximate surface area is 105 Å². The molecule has 5 nitrogen and oxygen atoms in total. The summed E-state index contributed by atoms with van der Waals surface area (Å²) >= 11 is 0. The first-order valence-electron chi connectivity index (χ1n) is 5.85. The first-order valence-corrected chi connectivity index (χ1v) is 5.85. The lowest BCUT2D eigenvalue weighted by Crippen LogP contribution is -2.01. The van der Waals surface area contributed by atoms with E-state index in [0.29, 0.717) is 0 Å². The second-order valence-corrected chi connectivity index (χ2v) is 4.10. The standard InChI is InChI=1S/C13H15N3O2/c1-3-6-16-9(2)11(8-15-16)10-4-5-12(13(17)18)14-7-10/h4-5,7-8H,3,6H2,1-2H3,(H,17,18). The van der Waals surface area contributed by atoms with Crippen molar-refractivity contribution < 1.29 is 9.90 Å². The third-order valence-corrected chi connectivity index (χ3v) is 2.83. The number of aromatic carboxylic acids is 1. The average molecular weight is 245 g/mol. The van der Waals surface area contributed by atoms with Crippen molar-refractivity contribution >= 4 is 5.97 Å². The Morgan fingerprint density at radius 2 is 2.17 bits per heavy atom. The van der Waals surface area contributed by atoms with Crippen LogP contribution in [0, 0.1) is 6.92 Å². The Kier molecular flexibility index (Phi) is 3.41. The number of aromatic nitrogens is 3. The van der Waals surface area contributed by atoms with Crippen LogP contribution in [0.2, 0.25) is 0 Å². The molecule has 0 bridgehead atoms. The minimum absolute atomic E-state index is 0.0531. The molecule has 2 rings (SSSR count). The van der Waals surface area contributed by atoms with Gasteiger partial charge < -0.3 is 5.11 Å². The van der Waals surface area contributed by atoms with Gasteiger partial charge in [-0.05, 0) is 19.4 Å². The lowest BCUT2D eigenvalue weighted by molar-refractivity contribution is 0.0690. The smallest absolute Gasteiger partial charge is 0.354 e. The number of hydrogen-bond acceptors (Lipinski definition) is 3. The molecule has 0 saturated heterocycles. The highest BCUT2D eigenvalue weighted by Gasteiger charge is 2.10. The molecule has 18 heavy (non-hydrogen) atoms. The van der Waals surface area contributed by atoms with Gasteiger partial charge in [-0.25, -0.2) is 9.78 Å². The normalized spacial score (nSPS) is 10.6. The SMILES string of the molecule is CCCn1ncc(-c2ccc(C(=O)O)nc2)c1C. The van der Waals surface area contributed by atoms with Crippen molar-refractivity contribution in [3.8, 4) is 11.1 Å². The van der Waals surface area contributed by atoms with E-state index in [9.17, 15) is 4.79 Å². The van der Waals surface area contributed by atoms with Gasteiger partial charge in [-0.2, -0.15) is 5.10 Å². The predicted molar refractivity (Wildman–Crippen MR) is 67.4 cm³/mol. The third-order valence-electron chi connectivity index (χ3n) is 2.83. The minimum Gasteiger partial charge on any atom is -0.477 e. The van der Waals surface area contributed by atoms with Crippen molar-refractivity contribution in [3.63, 3.8) is 0 Å². The molecule has 0 spiro atoms. The van der Waals surface area contributed by atoms with E-state index >= 15 is 0 Å². The van der Waals surface area contributed by atoms with Gasteiger partial charge in [-0.1, -0.05) is 13.0 Å². The number of hydrogen-bond donors (Lipinski definition) is 1. The quantitative estimate of drug-likeness (QED) is 0.897. The van der Waals surface area contributed by atoms with Gasteiger partial charge in [-0.15, -0.1) is 0 Å². The Bertz CT molecular complexity index is 558. The second-order valence-electron chi connectivity index (χ2n) is 4.10. The van der Waals surface area contributed by atoms with Gasteiger partial charge in [0.15, 0.2) is 0 Å². The summed E-state index contributed by atoms with van der Waals surface area (Å²) in [5.41, 5.74) is 3.01. The largest absolute Gasteiger partial charge is 0.477 e. The topological polar surface area (TPSA) is 68.0 Å². The molecule has 0 aliphatic heterocycles. The first-order chi connectivity index (χ1) is 8.63. The van der Waals surface area contributed by atoms with E-state index in [1.165, 1.54) is 6.07 Å². The summed E-state index contributed by atoms with van der Waals surface area (Å²) in [6, 6.07) is 3.27. The number of nitrogens with zero attached hydrogens (tertiary/aromatic N) is 3. The highest BCUT2D eigenvalue weighted by atomic mass is 16.4. The lowest BCUT2D eigenvalue weighted by Gasteiger charge is -2.04. The van der Waals surface area contributed by atoms with E-state index in [1.54, 1.807) is 18.5 Å². The maximum atomic E-state index is 10.7. The zero-order chi connectivity index (χ0) is 13.1. The molecular formula is C13H15N3O2. The van der Waals surface area contributed by atoms with Gasteiger partial charge in [0, 0.05) is 29.6 Å². The molecule has 0 unspecified atom stereocenters. The van der Waals surface area contributed by atoms with E-state index in [2.05, 4.69) is 17.0 Å². The van der Waals surface area contributed by atoms with E-state index in [-0.39, 0.29) is 5.69 Å². The average Bonchev–Trinajstić information content (AvgIpc) is 2.72. The van der Waals surface area contributed by atoms with Crippen LogP contribution in [0.15, 0.2) is 24.5 Å². The van der Waals surface area contributed by atoms with Crippen LogP contribution >= 0.6 is 0 Å². The molecule has 0 fully saturated rings. The summed E-state index contributed by atoms with van der Waals surface area (Å²) in [6.07, 6.45) is 4.39. The molecule has 0 atom stereocenters. The van der Waals surface area contributed by atoms with Gasteiger partial charge >= 0.3 is 5.97 Å². The molecule has 2 aromatic rings. The number of carbonyl (C=O) groups is 1. The van der Waals surface area contributed by atoms with Crippen LogP contribution < -0.4 is 0 Å². The molecule has 0 aliphatic rings. The van der Waals surface area contributed by atoms with Gasteiger partial charge in [-0.3, -0.25) is 4.68 Å². The van der Waals surface area contributed by atoms with E-state index in [0.717, 1.165) is 29.8 Å². The fourth-order valence-electron chi connectivity index (χ4n) is 1.85. The summed E-state index contributed by atoms with van der Waals surface area (Å²) < 4.78 is 1.94. The van der Waals surface area contributed by atoms with Crippen molar-refractivity contribution in [1.82, 2.24) is 14.8 Å². The van der Waals surface area contributed by atoms with Crippen LogP contribution in [-0.2, 0) is 6.54 Å². The Balaban J connectivity index is 2.34. The molecule has 0 aromatic carbocycles. The molecule has 0 aliphatic carbocycles. The molecule has 94 valence electrons. The molecule has 0 saturated carbocycles. The van der Waals surface area contributed by atoms with E-state index < -0.39 is 5.97 Å². The van der Waals surface area contributed by atoms with E-state index in [4.69, 9.17) is 5.11 Å². The molecular weight excluding hydrogens is 230 g/mol. The minimum atomic E-state index is -1.01. The monoisotopic (exact) mass is 245 g/mol. The number of rotatable bonds is 4. The summed E-state index contributed by atoms with van der Waals surface area (Å²) in [5, 5.41) is 13.1.